The first-order chi connectivity index (χ1) is 11.6. The highest BCUT2D eigenvalue weighted by molar-refractivity contribution is 5.93. The molecular formula is C18H26FN3O2. The van der Waals surface area contributed by atoms with Crippen molar-refractivity contribution in [2.45, 2.75) is 38.6 Å². The molecule has 0 bridgehead atoms. The van der Waals surface area contributed by atoms with E-state index in [4.69, 9.17) is 4.74 Å². The van der Waals surface area contributed by atoms with Crippen molar-refractivity contribution in [1.29, 1.82) is 0 Å². The first kappa shape index (κ1) is 17.0. The normalized spacial score (nSPS) is 22.2. The Labute approximate surface area is 142 Å². The van der Waals surface area contributed by atoms with Crippen LogP contribution in [0.5, 0.6) is 0 Å². The van der Waals surface area contributed by atoms with Crippen molar-refractivity contribution in [3.05, 3.63) is 24.0 Å². The lowest BCUT2D eigenvalue weighted by Gasteiger charge is -2.32. The Kier molecular flexibility index (Phi) is 5.56. The number of carbonyl (C=O) groups excluding carboxylic acids is 1. The van der Waals surface area contributed by atoms with E-state index >= 15 is 0 Å². The van der Waals surface area contributed by atoms with Crippen LogP contribution >= 0.6 is 0 Å². The van der Waals surface area contributed by atoms with Crippen LogP contribution in [-0.4, -0.2) is 49.8 Å². The number of piperidine rings is 1. The number of amides is 2. The zero-order valence-corrected chi connectivity index (χ0v) is 14.3. The molecule has 2 aliphatic rings. The van der Waals surface area contributed by atoms with Gasteiger partial charge in [-0.15, -0.1) is 0 Å². The molecule has 5 nitrogen and oxygen atoms in total. The Morgan fingerprint density at radius 3 is 2.79 bits per heavy atom. The van der Waals surface area contributed by atoms with Crippen molar-refractivity contribution in [2.75, 3.05) is 43.1 Å². The van der Waals surface area contributed by atoms with Gasteiger partial charge in [0, 0.05) is 32.3 Å². The van der Waals surface area contributed by atoms with Crippen molar-refractivity contribution in [2.24, 2.45) is 0 Å². The summed E-state index contributed by atoms with van der Waals surface area (Å²) < 4.78 is 19.2. The van der Waals surface area contributed by atoms with Crippen LogP contribution in [0.1, 0.15) is 32.6 Å². The number of hydrogen-bond acceptors (Lipinski definition) is 3. The fraction of sp³-hybridized carbons (Fsp3) is 0.611. The summed E-state index contributed by atoms with van der Waals surface area (Å²) in [6, 6.07) is 4.57. The van der Waals surface area contributed by atoms with Gasteiger partial charge in [0.05, 0.1) is 18.0 Å². The maximum Gasteiger partial charge on any atom is 0.322 e. The third kappa shape index (κ3) is 3.98. The molecule has 2 saturated heterocycles. The highest BCUT2D eigenvalue weighted by Crippen LogP contribution is 2.30. The van der Waals surface area contributed by atoms with Gasteiger partial charge in [-0.1, -0.05) is 0 Å². The van der Waals surface area contributed by atoms with E-state index in [1.165, 1.54) is 18.6 Å². The minimum absolute atomic E-state index is 0.111. The van der Waals surface area contributed by atoms with Crippen LogP contribution in [0.2, 0.25) is 0 Å². The predicted molar refractivity (Wildman–Crippen MR) is 93.1 cm³/mol. The van der Waals surface area contributed by atoms with Crippen LogP contribution in [0, 0.1) is 5.82 Å². The molecule has 1 N–H and O–H groups in total. The second-order valence-corrected chi connectivity index (χ2v) is 6.58. The minimum atomic E-state index is -0.335. The number of ether oxygens (including phenoxy) is 1. The number of anilines is 2. The SMILES string of the molecule is CC1CCOCCN1C(=O)Nc1cc(F)ccc1N1CCCCC1. The number of rotatable bonds is 2. The van der Waals surface area contributed by atoms with Crippen molar-refractivity contribution >= 4 is 17.4 Å². The van der Waals surface area contributed by atoms with Gasteiger partial charge in [0.25, 0.3) is 0 Å². The van der Waals surface area contributed by atoms with E-state index in [0.717, 1.165) is 38.0 Å². The maximum atomic E-state index is 13.7. The summed E-state index contributed by atoms with van der Waals surface area (Å²) in [6.45, 7) is 5.68. The van der Waals surface area contributed by atoms with E-state index < -0.39 is 0 Å². The van der Waals surface area contributed by atoms with Crippen molar-refractivity contribution in [3.8, 4) is 0 Å². The highest BCUT2D eigenvalue weighted by atomic mass is 19.1. The third-order valence-electron chi connectivity index (χ3n) is 4.85. The Morgan fingerprint density at radius 1 is 1.21 bits per heavy atom. The molecule has 1 unspecified atom stereocenters. The average molecular weight is 335 g/mol. The summed E-state index contributed by atoms with van der Waals surface area (Å²) in [5.74, 6) is -0.335. The van der Waals surface area contributed by atoms with Crippen molar-refractivity contribution in [3.63, 3.8) is 0 Å². The Hall–Kier alpha value is -1.82. The molecule has 3 rings (SSSR count). The summed E-state index contributed by atoms with van der Waals surface area (Å²) in [4.78, 5) is 16.7. The summed E-state index contributed by atoms with van der Waals surface area (Å²) in [5, 5.41) is 2.93. The van der Waals surface area contributed by atoms with Gasteiger partial charge in [0.2, 0.25) is 0 Å². The van der Waals surface area contributed by atoms with Crippen LogP contribution in [0.4, 0.5) is 20.6 Å². The Balaban J connectivity index is 1.77. The van der Waals surface area contributed by atoms with Crippen LogP contribution in [0.15, 0.2) is 18.2 Å². The molecule has 1 aromatic carbocycles. The average Bonchev–Trinajstić information content (AvgIpc) is 2.80. The summed E-state index contributed by atoms with van der Waals surface area (Å²) in [7, 11) is 0. The number of carbonyl (C=O) groups is 1. The largest absolute Gasteiger partial charge is 0.380 e. The van der Waals surface area contributed by atoms with Crippen LogP contribution in [-0.2, 0) is 4.74 Å². The van der Waals surface area contributed by atoms with E-state index in [1.54, 1.807) is 11.0 Å². The molecule has 132 valence electrons. The fourth-order valence-electron chi connectivity index (χ4n) is 3.40. The first-order valence-corrected chi connectivity index (χ1v) is 8.85. The summed E-state index contributed by atoms with van der Waals surface area (Å²) in [6.07, 6.45) is 4.30. The van der Waals surface area contributed by atoms with Crippen molar-refractivity contribution < 1.29 is 13.9 Å². The summed E-state index contributed by atoms with van der Waals surface area (Å²) in [5.41, 5.74) is 1.46. The van der Waals surface area contributed by atoms with E-state index in [0.29, 0.717) is 25.4 Å². The molecule has 0 aliphatic carbocycles. The second-order valence-electron chi connectivity index (χ2n) is 6.58. The van der Waals surface area contributed by atoms with Gasteiger partial charge in [0.1, 0.15) is 5.82 Å². The lowest BCUT2D eigenvalue weighted by molar-refractivity contribution is 0.143. The lowest BCUT2D eigenvalue weighted by atomic mass is 10.1. The van der Waals surface area contributed by atoms with Gasteiger partial charge in [-0.2, -0.15) is 0 Å². The Morgan fingerprint density at radius 2 is 2.00 bits per heavy atom. The number of benzene rings is 1. The van der Waals surface area contributed by atoms with Crippen LogP contribution < -0.4 is 10.2 Å². The smallest absolute Gasteiger partial charge is 0.322 e. The highest BCUT2D eigenvalue weighted by Gasteiger charge is 2.24. The van der Waals surface area contributed by atoms with Crippen LogP contribution in [0.3, 0.4) is 0 Å². The van der Waals surface area contributed by atoms with E-state index in [-0.39, 0.29) is 17.9 Å². The number of halogens is 1. The molecule has 0 radical (unpaired) electrons. The van der Waals surface area contributed by atoms with Gasteiger partial charge < -0.3 is 19.9 Å². The zero-order chi connectivity index (χ0) is 16.9. The zero-order valence-electron chi connectivity index (χ0n) is 14.3. The molecule has 2 heterocycles. The molecule has 24 heavy (non-hydrogen) atoms. The van der Waals surface area contributed by atoms with E-state index in [2.05, 4.69) is 10.2 Å². The number of nitrogens with zero attached hydrogens (tertiary/aromatic N) is 2. The molecule has 0 aromatic heterocycles. The molecule has 0 spiro atoms. The molecule has 1 aromatic rings. The van der Waals surface area contributed by atoms with Gasteiger partial charge in [0.15, 0.2) is 0 Å². The van der Waals surface area contributed by atoms with Gasteiger partial charge in [-0.3, -0.25) is 0 Å². The maximum absolute atomic E-state index is 13.7. The monoisotopic (exact) mass is 335 g/mol. The van der Waals surface area contributed by atoms with Crippen LogP contribution in [0.25, 0.3) is 0 Å². The van der Waals surface area contributed by atoms with E-state index in [9.17, 15) is 9.18 Å². The molecule has 1 atom stereocenters. The molecule has 2 fully saturated rings. The second kappa shape index (κ2) is 7.83. The molecular weight excluding hydrogens is 309 g/mol. The van der Waals surface area contributed by atoms with Crippen molar-refractivity contribution in [1.82, 2.24) is 4.90 Å². The number of hydrogen-bond donors (Lipinski definition) is 1. The predicted octanol–water partition coefficient (Wildman–Crippen LogP) is 3.46. The summed E-state index contributed by atoms with van der Waals surface area (Å²) >= 11 is 0. The van der Waals surface area contributed by atoms with E-state index in [1.807, 2.05) is 6.92 Å². The number of urea groups is 1. The van der Waals surface area contributed by atoms with Gasteiger partial charge >= 0.3 is 6.03 Å². The number of nitrogens with one attached hydrogen (secondary N) is 1. The molecule has 2 amide bonds. The Bertz CT molecular complexity index is 575. The topological polar surface area (TPSA) is 44.8 Å². The first-order valence-electron chi connectivity index (χ1n) is 8.85. The third-order valence-corrected chi connectivity index (χ3v) is 4.85. The minimum Gasteiger partial charge on any atom is -0.380 e. The quantitative estimate of drug-likeness (QED) is 0.900. The molecule has 6 heteroatoms. The fourth-order valence-corrected chi connectivity index (χ4v) is 3.40. The molecule has 0 saturated carbocycles. The van der Waals surface area contributed by atoms with Gasteiger partial charge in [-0.25, -0.2) is 9.18 Å². The molecule has 2 aliphatic heterocycles. The lowest BCUT2D eigenvalue weighted by Crippen LogP contribution is -2.42. The van der Waals surface area contributed by atoms with Gasteiger partial charge in [-0.05, 0) is 50.8 Å². The standard InChI is InChI=1S/C18H26FN3O2/c1-14-7-11-24-12-10-22(14)18(23)20-16-13-15(19)5-6-17(16)21-8-3-2-4-9-21/h5-6,13-14H,2-4,7-12H2,1H3,(H,20,23).